The van der Waals surface area contributed by atoms with Gasteiger partial charge in [0.05, 0.1) is 15.1 Å². The smallest absolute Gasteiger partial charge is 0.273 e. The molecule has 3 N–H and O–H groups in total. The zero-order chi connectivity index (χ0) is 21.8. The number of carbonyl (C=O) groups excluding carboxylic acids is 2. The number of hydrogen-bond acceptors (Lipinski definition) is 4. The number of rotatable bonds is 6. The highest BCUT2D eigenvalue weighted by molar-refractivity contribution is 9.10. The zero-order valence-electron chi connectivity index (χ0n) is 16.6. The predicted molar refractivity (Wildman–Crippen MR) is 123 cm³/mol. The molecule has 0 saturated carbocycles. The van der Waals surface area contributed by atoms with Gasteiger partial charge in [-0.2, -0.15) is 5.10 Å². The Morgan fingerprint density at radius 3 is 2.65 bits per heavy atom. The van der Waals surface area contributed by atoms with Gasteiger partial charge in [-0.1, -0.05) is 54.1 Å². The van der Waals surface area contributed by atoms with Crippen LogP contribution in [-0.4, -0.2) is 46.0 Å². The molecule has 0 aliphatic carbocycles. The molecule has 7 nitrogen and oxygen atoms in total. The lowest BCUT2D eigenvalue weighted by atomic mass is 10.2. The minimum absolute atomic E-state index is 0.0426. The summed E-state index contributed by atoms with van der Waals surface area (Å²) in [6.07, 6.45) is 0.872. The number of anilines is 1. The number of hydrogen-bond donors (Lipinski definition) is 3. The van der Waals surface area contributed by atoms with Crippen LogP contribution in [0.5, 0.6) is 0 Å². The molecule has 2 amide bonds. The number of amides is 2. The van der Waals surface area contributed by atoms with Crippen molar-refractivity contribution >= 4 is 45.2 Å². The summed E-state index contributed by atoms with van der Waals surface area (Å²) in [6.45, 7) is 2.55. The van der Waals surface area contributed by atoms with Crippen molar-refractivity contribution in [3.05, 3.63) is 80.9 Å². The molecular formula is C22H21BrClN5O2. The maximum atomic E-state index is 12.7. The van der Waals surface area contributed by atoms with Crippen molar-refractivity contribution in [3.8, 4) is 0 Å². The number of nitrogens with zero attached hydrogens (tertiary/aromatic N) is 2. The molecule has 0 bridgehead atoms. The summed E-state index contributed by atoms with van der Waals surface area (Å²) in [5, 5.41) is 12.8. The Morgan fingerprint density at radius 2 is 1.87 bits per heavy atom. The molecule has 2 heterocycles. The van der Waals surface area contributed by atoms with Crippen LogP contribution in [0, 0.1) is 0 Å². The summed E-state index contributed by atoms with van der Waals surface area (Å²) in [4.78, 5) is 27.5. The Kier molecular flexibility index (Phi) is 6.70. The average Bonchev–Trinajstić information content (AvgIpc) is 3.35. The lowest BCUT2D eigenvalue weighted by Crippen LogP contribution is -2.37. The fraction of sp³-hybridized carbons (Fsp3) is 0.227. The highest BCUT2D eigenvalue weighted by Gasteiger charge is 2.27. The van der Waals surface area contributed by atoms with Crippen molar-refractivity contribution in [2.75, 3.05) is 18.4 Å². The molecule has 0 unspecified atom stereocenters. The van der Waals surface area contributed by atoms with E-state index in [0.29, 0.717) is 20.9 Å². The average molecular weight is 503 g/mol. The van der Waals surface area contributed by atoms with Crippen LogP contribution >= 0.6 is 27.5 Å². The molecule has 1 aliphatic heterocycles. The number of likely N-dealkylation sites (tertiary alicyclic amines) is 1. The third-order valence-corrected chi connectivity index (χ3v) is 6.24. The number of benzene rings is 2. The van der Waals surface area contributed by atoms with E-state index in [1.165, 1.54) is 5.56 Å². The largest absolute Gasteiger partial charge is 0.347 e. The first-order chi connectivity index (χ1) is 15.0. The first-order valence-corrected chi connectivity index (χ1v) is 11.0. The van der Waals surface area contributed by atoms with Crippen LogP contribution in [0.4, 0.5) is 5.82 Å². The number of aromatic amines is 1. The Morgan fingerprint density at radius 1 is 1.13 bits per heavy atom. The Hall–Kier alpha value is -2.68. The van der Waals surface area contributed by atoms with Crippen LogP contribution in [0.15, 0.2) is 59.1 Å². The van der Waals surface area contributed by atoms with Gasteiger partial charge in [-0.25, -0.2) is 0 Å². The van der Waals surface area contributed by atoms with Gasteiger partial charge in [0.25, 0.3) is 11.8 Å². The van der Waals surface area contributed by atoms with Crippen molar-refractivity contribution in [2.45, 2.75) is 19.0 Å². The van der Waals surface area contributed by atoms with E-state index in [1.54, 1.807) is 24.3 Å². The summed E-state index contributed by atoms with van der Waals surface area (Å²) in [5.41, 5.74) is 1.78. The molecule has 2 aromatic carbocycles. The van der Waals surface area contributed by atoms with E-state index in [4.69, 9.17) is 11.6 Å². The molecule has 1 aliphatic rings. The van der Waals surface area contributed by atoms with Crippen molar-refractivity contribution in [1.82, 2.24) is 20.4 Å². The molecule has 9 heteroatoms. The lowest BCUT2D eigenvalue weighted by Gasteiger charge is -2.16. The second-order valence-corrected chi connectivity index (χ2v) is 8.58. The molecule has 0 radical (unpaired) electrons. The second-order valence-electron chi connectivity index (χ2n) is 7.37. The number of halogens is 2. The van der Waals surface area contributed by atoms with Crippen molar-refractivity contribution in [1.29, 1.82) is 0 Å². The predicted octanol–water partition coefficient (Wildman–Crippen LogP) is 4.08. The maximum Gasteiger partial charge on any atom is 0.273 e. The quantitative estimate of drug-likeness (QED) is 0.474. The van der Waals surface area contributed by atoms with Crippen molar-refractivity contribution in [2.24, 2.45) is 0 Å². The Labute approximate surface area is 193 Å². The Bertz CT molecular complexity index is 1090. The van der Waals surface area contributed by atoms with E-state index in [1.807, 2.05) is 18.2 Å². The van der Waals surface area contributed by atoms with E-state index in [0.717, 1.165) is 26.1 Å². The normalized spacial score (nSPS) is 16.3. The molecule has 1 fully saturated rings. The third-order valence-electron chi connectivity index (χ3n) is 5.14. The van der Waals surface area contributed by atoms with Gasteiger partial charge in [0.1, 0.15) is 5.82 Å². The molecular weight excluding hydrogens is 482 g/mol. The number of carbonyl (C=O) groups is 2. The van der Waals surface area contributed by atoms with Crippen LogP contribution in [0.25, 0.3) is 0 Å². The van der Waals surface area contributed by atoms with Crippen LogP contribution < -0.4 is 10.6 Å². The molecule has 4 rings (SSSR count). The molecule has 1 atom stereocenters. The monoisotopic (exact) mass is 501 g/mol. The molecule has 1 saturated heterocycles. The van der Waals surface area contributed by atoms with Crippen molar-refractivity contribution in [3.63, 3.8) is 0 Å². The Balaban J connectivity index is 1.35. The maximum absolute atomic E-state index is 12.7. The van der Waals surface area contributed by atoms with Gasteiger partial charge in [0.2, 0.25) is 0 Å². The van der Waals surface area contributed by atoms with Crippen LogP contribution in [0.1, 0.15) is 32.8 Å². The fourth-order valence-electron chi connectivity index (χ4n) is 3.58. The summed E-state index contributed by atoms with van der Waals surface area (Å²) < 4.78 is 0.393. The summed E-state index contributed by atoms with van der Waals surface area (Å²) in [7, 11) is 0. The van der Waals surface area contributed by atoms with E-state index in [9.17, 15) is 9.59 Å². The van der Waals surface area contributed by atoms with E-state index < -0.39 is 5.91 Å². The zero-order valence-corrected chi connectivity index (χ0v) is 18.9. The first-order valence-electron chi connectivity index (χ1n) is 9.88. The van der Waals surface area contributed by atoms with E-state index >= 15 is 0 Å². The van der Waals surface area contributed by atoms with Gasteiger partial charge < -0.3 is 10.6 Å². The molecule has 1 aromatic heterocycles. The van der Waals surface area contributed by atoms with Gasteiger partial charge >= 0.3 is 0 Å². The van der Waals surface area contributed by atoms with Gasteiger partial charge in [-0.05, 0) is 40.0 Å². The second kappa shape index (κ2) is 9.64. The molecule has 0 spiro atoms. The topological polar surface area (TPSA) is 90.1 Å². The SMILES string of the molecule is O=C(Nc1[nH]nc(C(=O)N[C@@H]2CCN(Cc3ccccc3)C2)c1Br)c1ccccc1Cl. The van der Waals surface area contributed by atoms with Gasteiger partial charge in [0.15, 0.2) is 5.69 Å². The van der Waals surface area contributed by atoms with Gasteiger partial charge in [-0.3, -0.25) is 19.6 Å². The van der Waals surface area contributed by atoms with Crippen LogP contribution in [0.3, 0.4) is 0 Å². The molecule has 31 heavy (non-hydrogen) atoms. The third kappa shape index (κ3) is 5.15. The first kappa shape index (κ1) is 21.5. The van der Waals surface area contributed by atoms with Gasteiger partial charge in [-0.15, -0.1) is 0 Å². The van der Waals surface area contributed by atoms with Crippen LogP contribution in [0.2, 0.25) is 5.02 Å². The standard InChI is InChI=1S/C22H21BrClN5O2/c23-18-19(27-28-20(18)26-21(30)16-8-4-5-9-17(16)24)22(31)25-15-10-11-29(13-15)12-14-6-2-1-3-7-14/h1-9,15H,10-13H2,(H,25,31)(H2,26,27,28,30)/t15-/m1/s1. The summed E-state index contributed by atoms with van der Waals surface area (Å²) in [6, 6.07) is 17.0. The van der Waals surface area contributed by atoms with E-state index in [2.05, 4.69) is 53.8 Å². The highest BCUT2D eigenvalue weighted by Crippen LogP contribution is 2.25. The minimum Gasteiger partial charge on any atom is -0.347 e. The highest BCUT2D eigenvalue weighted by atomic mass is 79.9. The lowest BCUT2D eigenvalue weighted by molar-refractivity contribution is 0.0931. The fourth-order valence-corrected chi connectivity index (χ4v) is 4.26. The van der Waals surface area contributed by atoms with Crippen LogP contribution in [-0.2, 0) is 6.54 Å². The number of aromatic nitrogens is 2. The summed E-state index contributed by atoms with van der Waals surface area (Å²) >= 11 is 9.44. The molecule has 3 aromatic rings. The van der Waals surface area contributed by atoms with Gasteiger partial charge in [0, 0.05) is 25.7 Å². The summed E-state index contributed by atoms with van der Waals surface area (Å²) in [5.74, 6) is -0.394. The molecule has 160 valence electrons. The van der Waals surface area contributed by atoms with Crippen molar-refractivity contribution < 1.29 is 9.59 Å². The minimum atomic E-state index is -0.394. The number of H-pyrrole nitrogens is 1. The van der Waals surface area contributed by atoms with E-state index in [-0.39, 0.29) is 17.6 Å². The number of nitrogens with one attached hydrogen (secondary N) is 3.